The minimum atomic E-state index is -0.324. The molecule has 0 bridgehead atoms. The van der Waals surface area contributed by atoms with Gasteiger partial charge in [-0.15, -0.1) is 12.4 Å². The van der Waals surface area contributed by atoms with Gasteiger partial charge in [0, 0.05) is 12.1 Å². The molecule has 2 N–H and O–H groups in total. The van der Waals surface area contributed by atoms with Crippen molar-refractivity contribution < 1.29 is 9.18 Å². The number of carbonyl (C=O) groups excluding carboxylic acids is 1. The summed E-state index contributed by atoms with van der Waals surface area (Å²) in [6.45, 7) is 6.06. The molecule has 1 fully saturated rings. The molecule has 0 spiro atoms. The van der Waals surface area contributed by atoms with Crippen molar-refractivity contribution in [3.8, 4) is 0 Å². The van der Waals surface area contributed by atoms with Crippen LogP contribution >= 0.6 is 12.4 Å². The van der Waals surface area contributed by atoms with Crippen molar-refractivity contribution >= 4 is 24.0 Å². The molecule has 0 aromatic heterocycles. The quantitative estimate of drug-likeness (QED) is 0.893. The Morgan fingerprint density at radius 2 is 2.29 bits per heavy atom. The van der Waals surface area contributed by atoms with Crippen LogP contribution < -0.4 is 10.6 Å². The lowest BCUT2D eigenvalue weighted by molar-refractivity contribution is -0.117. The van der Waals surface area contributed by atoms with Gasteiger partial charge in [-0.05, 0) is 62.4 Å². The summed E-state index contributed by atoms with van der Waals surface area (Å²) >= 11 is 0. The van der Waals surface area contributed by atoms with Crippen LogP contribution in [0.5, 0.6) is 0 Å². The van der Waals surface area contributed by atoms with Crippen molar-refractivity contribution in [2.24, 2.45) is 11.8 Å². The van der Waals surface area contributed by atoms with E-state index in [0.717, 1.165) is 18.7 Å². The molecule has 5 heteroatoms. The summed E-state index contributed by atoms with van der Waals surface area (Å²) in [5, 5.41) is 6.20. The molecule has 2 atom stereocenters. The van der Waals surface area contributed by atoms with Gasteiger partial charge in [0.2, 0.25) is 5.91 Å². The number of anilines is 1. The topological polar surface area (TPSA) is 41.1 Å². The van der Waals surface area contributed by atoms with E-state index in [4.69, 9.17) is 0 Å². The third-order valence-electron chi connectivity index (χ3n) is 4.12. The lowest BCUT2D eigenvalue weighted by Crippen LogP contribution is -2.34. The molecule has 1 aromatic carbocycles. The molecule has 3 nitrogen and oxygen atoms in total. The highest BCUT2D eigenvalue weighted by molar-refractivity contribution is 5.91. The Labute approximate surface area is 132 Å². The second-order valence-corrected chi connectivity index (χ2v) is 5.80. The second kappa shape index (κ2) is 8.35. The zero-order chi connectivity index (χ0) is 14.5. The summed E-state index contributed by atoms with van der Waals surface area (Å²) in [6.07, 6.45) is 2.85. The fourth-order valence-electron chi connectivity index (χ4n) is 2.75. The van der Waals surface area contributed by atoms with Crippen molar-refractivity contribution in [2.75, 3.05) is 18.4 Å². The number of amides is 1. The number of benzene rings is 1. The summed E-state index contributed by atoms with van der Waals surface area (Å²) in [4.78, 5) is 12.1. The summed E-state index contributed by atoms with van der Waals surface area (Å²) < 4.78 is 13.2. The Bertz CT molecular complexity index is 475. The number of carbonyl (C=O) groups is 1. The van der Waals surface area contributed by atoms with E-state index in [1.807, 2.05) is 6.92 Å². The molecule has 1 aliphatic rings. The first-order valence-electron chi connectivity index (χ1n) is 7.33. The molecule has 1 aliphatic heterocycles. The summed E-state index contributed by atoms with van der Waals surface area (Å²) in [5.41, 5.74) is 1.45. The van der Waals surface area contributed by atoms with Gasteiger partial charge in [0.1, 0.15) is 5.82 Å². The first-order valence-corrected chi connectivity index (χ1v) is 7.33. The van der Waals surface area contributed by atoms with Crippen molar-refractivity contribution in [1.82, 2.24) is 5.32 Å². The Hall–Kier alpha value is -1.13. The highest BCUT2D eigenvalue weighted by Gasteiger charge is 2.22. The Balaban J connectivity index is 0.00000220. The van der Waals surface area contributed by atoms with Crippen LogP contribution in [0.2, 0.25) is 0 Å². The SMILES string of the molecule is Cc1ccc(F)cc1NC(=O)CC(C)C1CCCNC1.Cl. The molecular weight excluding hydrogens is 291 g/mol. The van der Waals surface area contributed by atoms with Crippen LogP contribution in [0.25, 0.3) is 0 Å². The molecule has 2 unspecified atom stereocenters. The van der Waals surface area contributed by atoms with Crippen LogP contribution in [-0.2, 0) is 4.79 Å². The van der Waals surface area contributed by atoms with Crippen LogP contribution in [0.3, 0.4) is 0 Å². The largest absolute Gasteiger partial charge is 0.326 e. The normalized spacial score (nSPS) is 19.5. The molecule has 0 saturated carbocycles. The Morgan fingerprint density at radius 1 is 1.52 bits per heavy atom. The standard InChI is InChI=1S/C16H23FN2O.ClH/c1-11-5-6-14(17)9-15(11)19-16(20)8-12(2)13-4-3-7-18-10-13;/h5-6,9,12-13,18H,3-4,7-8,10H2,1-2H3,(H,19,20);1H. The number of hydrogen-bond donors (Lipinski definition) is 2. The zero-order valence-corrected chi connectivity index (χ0v) is 13.4. The smallest absolute Gasteiger partial charge is 0.224 e. The summed E-state index contributed by atoms with van der Waals surface area (Å²) in [6, 6.07) is 4.46. The average molecular weight is 315 g/mol. The molecule has 1 heterocycles. The van der Waals surface area contributed by atoms with E-state index >= 15 is 0 Å². The van der Waals surface area contributed by atoms with Crippen molar-refractivity contribution in [2.45, 2.75) is 33.1 Å². The maximum atomic E-state index is 13.2. The van der Waals surface area contributed by atoms with E-state index in [1.54, 1.807) is 6.07 Å². The van der Waals surface area contributed by atoms with Gasteiger partial charge in [-0.1, -0.05) is 13.0 Å². The van der Waals surface area contributed by atoms with E-state index in [1.165, 1.54) is 25.0 Å². The molecule has 1 saturated heterocycles. The monoisotopic (exact) mass is 314 g/mol. The third kappa shape index (κ3) is 5.29. The van der Waals surface area contributed by atoms with E-state index in [9.17, 15) is 9.18 Å². The average Bonchev–Trinajstić information content (AvgIpc) is 2.43. The Kier molecular flexibility index (Phi) is 7.12. The molecular formula is C16H24ClFN2O. The number of rotatable bonds is 4. The number of aryl methyl sites for hydroxylation is 1. The first-order chi connectivity index (χ1) is 9.56. The van der Waals surface area contributed by atoms with Crippen molar-refractivity contribution in [3.05, 3.63) is 29.6 Å². The maximum absolute atomic E-state index is 13.2. The molecule has 2 rings (SSSR count). The van der Waals surface area contributed by atoms with Crippen LogP contribution in [0.15, 0.2) is 18.2 Å². The van der Waals surface area contributed by atoms with Gasteiger partial charge in [0.25, 0.3) is 0 Å². The lowest BCUT2D eigenvalue weighted by atomic mass is 9.85. The zero-order valence-electron chi connectivity index (χ0n) is 12.6. The molecule has 21 heavy (non-hydrogen) atoms. The number of nitrogens with one attached hydrogen (secondary N) is 2. The van der Waals surface area contributed by atoms with Gasteiger partial charge in [0.05, 0.1) is 0 Å². The summed E-state index contributed by atoms with van der Waals surface area (Å²) in [7, 11) is 0. The van der Waals surface area contributed by atoms with Gasteiger partial charge in [-0.3, -0.25) is 4.79 Å². The van der Waals surface area contributed by atoms with Crippen LogP contribution in [0.1, 0.15) is 31.7 Å². The van der Waals surface area contributed by atoms with Gasteiger partial charge >= 0.3 is 0 Å². The van der Waals surface area contributed by atoms with E-state index in [0.29, 0.717) is 23.9 Å². The fraction of sp³-hybridized carbons (Fsp3) is 0.562. The maximum Gasteiger partial charge on any atom is 0.224 e. The predicted octanol–water partition coefficient (Wildman–Crippen LogP) is 3.52. The van der Waals surface area contributed by atoms with Crippen LogP contribution in [0, 0.1) is 24.6 Å². The van der Waals surface area contributed by atoms with E-state index in [-0.39, 0.29) is 24.1 Å². The number of halogens is 2. The molecule has 118 valence electrons. The van der Waals surface area contributed by atoms with Gasteiger partial charge in [-0.25, -0.2) is 4.39 Å². The van der Waals surface area contributed by atoms with E-state index in [2.05, 4.69) is 17.6 Å². The highest BCUT2D eigenvalue weighted by atomic mass is 35.5. The number of hydrogen-bond acceptors (Lipinski definition) is 2. The van der Waals surface area contributed by atoms with Crippen LogP contribution in [0.4, 0.5) is 10.1 Å². The van der Waals surface area contributed by atoms with Gasteiger partial charge in [-0.2, -0.15) is 0 Å². The lowest BCUT2D eigenvalue weighted by Gasteiger charge is -2.28. The van der Waals surface area contributed by atoms with Gasteiger partial charge < -0.3 is 10.6 Å². The molecule has 1 amide bonds. The van der Waals surface area contributed by atoms with E-state index < -0.39 is 0 Å². The molecule has 0 aliphatic carbocycles. The third-order valence-corrected chi connectivity index (χ3v) is 4.12. The van der Waals surface area contributed by atoms with Gasteiger partial charge in [0.15, 0.2) is 0 Å². The number of piperidine rings is 1. The first kappa shape index (κ1) is 17.9. The fourth-order valence-corrected chi connectivity index (χ4v) is 2.75. The molecule has 0 radical (unpaired) electrons. The predicted molar refractivity (Wildman–Crippen MR) is 86.4 cm³/mol. The summed E-state index contributed by atoms with van der Waals surface area (Å²) in [5.74, 6) is 0.548. The Morgan fingerprint density at radius 3 is 2.95 bits per heavy atom. The highest BCUT2D eigenvalue weighted by Crippen LogP contribution is 2.23. The minimum absolute atomic E-state index is 0. The van der Waals surface area contributed by atoms with Crippen molar-refractivity contribution in [3.63, 3.8) is 0 Å². The van der Waals surface area contributed by atoms with Crippen LogP contribution in [-0.4, -0.2) is 19.0 Å². The second-order valence-electron chi connectivity index (χ2n) is 5.80. The molecule has 1 aromatic rings. The van der Waals surface area contributed by atoms with Crippen molar-refractivity contribution in [1.29, 1.82) is 0 Å². The minimum Gasteiger partial charge on any atom is -0.326 e.